The maximum atomic E-state index is 12.9. The standard InChI is InChI=1S/C24H28N4O3/c1-16-6-4-7-20(14-16)30-13-11-22-26-23(31-27-22)21-8-5-12-28(21)24(29)25-19-10-9-17(2)18(3)15-19/h4,6-7,9-10,14-15,21H,5,8,11-13H2,1-3H3,(H,25,29). The van der Waals surface area contributed by atoms with Gasteiger partial charge in [0.15, 0.2) is 5.82 Å². The van der Waals surface area contributed by atoms with Gasteiger partial charge in [0.05, 0.1) is 6.61 Å². The topological polar surface area (TPSA) is 80.5 Å². The maximum Gasteiger partial charge on any atom is 0.322 e. The first-order chi connectivity index (χ1) is 15.0. The molecule has 7 nitrogen and oxygen atoms in total. The number of hydrogen-bond donors (Lipinski definition) is 1. The van der Waals surface area contributed by atoms with E-state index in [0.717, 1.165) is 35.4 Å². The van der Waals surface area contributed by atoms with E-state index in [2.05, 4.69) is 22.4 Å². The third-order valence-electron chi connectivity index (χ3n) is 5.62. The van der Waals surface area contributed by atoms with Crippen molar-refractivity contribution in [2.75, 3.05) is 18.5 Å². The van der Waals surface area contributed by atoms with E-state index in [1.54, 1.807) is 4.90 Å². The number of anilines is 1. The van der Waals surface area contributed by atoms with Crippen molar-refractivity contribution in [2.24, 2.45) is 0 Å². The van der Waals surface area contributed by atoms with Crippen LogP contribution >= 0.6 is 0 Å². The van der Waals surface area contributed by atoms with Gasteiger partial charge >= 0.3 is 6.03 Å². The van der Waals surface area contributed by atoms with E-state index < -0.39 is 0 Å². The highest BCUT2D eigenvalue weighted by atomic mass is 16.5. The molecule has 4 rings (SSSR count). The molecule has 2 aromatic carbocycles. The van der Waals surface area contributed by atoms with Crippen LogP contribution in [0.1, 0.15) is 47.3 Å². The SMILES string of the molecule is Cc1cccc(OCCc2noc(C3CCCN3C(=O)Nc3ccc(C)c(C)c3)n2)c1. The number of hydrogen-bond acceptors (Lipinski definition) is 5. The molecule has 31 heavy (non-hydrogen) atoms. The smallest absolute Gasteiger partial charge is 0.322 e. The number of rotatable bonds is 6. The summed E-state index contributed by atoms with van der Waals surface area (Å²) in [4.78, 5) is 19.2. The second kappa shape index (κ2) is 9.20. The van der Waals surface area contributed by atoms with Crippen LogP contribution in [-0.4, -0.2) is 34.2 Å². The van der Waals surface area contributed by atoms with Gasteiger partial charge in [-0.3, -0.25) is 0 Å². The van der Waals surface area contributed by atoms with E-state index in [-0.39, 0.29) is 12.1 Å². The van der Waals surface area contributed by atoms with Gasteiger partial charge in [-0.2, -0.15) is 4.98 Å². The predicted octanol–water partition coefficient (Wildman–Crippen LogP) is 4.99. The van der Waals surface area contributed by atoms with E-state index in [0.29, 0.717) is 31.3 Å². The van der Waals surface area contributed by atoms with Crippen LogP contribution in [0, 0.1) is 20.8 Å². The third kappa shape index (κ3) is 5.05. The summed E-state index contributed by atoms with van der Waals surface area (Å²) in [5.41, 5.74) is 4.28. The number of aryl methyl sites for hydroxylation is 3. The van der Waals surface area contributed by atoms with Gasteiger partial charge in [0.2, 0.25) is 5.89 Å². The second-order valence-electron chi connectivity index (χ2n) is 8.04. The van der Waals surface area contributed by atoms with Crippen molar-refractivity contribution < 1.29 is 14.1 Å². The fourth-order valence-electron chi connectivity index (χ4n) is 3.75. The molecule has 1 aromatic heterocycles. The molecule has 3 aromatic rings. The second-order valence-corrected chi connectivity index (χ2v) is 8.04. The fourth-order valence-corrected chi connectivity index (χ4v) is 3.75. The number of ether oxygens (including phenoxy) is 1. The minimum absolute atomic E-state index is 0.145. The van der Waals surface area contributed by atoms with E-state index in [9.17, 15) is 4.79 Å². The lowest BCUT2D eigenvalue weighted by molar-refractivity contribution is 0.193. The van der Waals surface area contributed by atoms with Crippen LogP contribution in [0.3, 0.4) is 0 Å². The Morgan fingerprint density at radius 2 is 2.06 bits per heavy atom. The molecule has 1 N–H and O–H groups in total. The Bertz CT molecular complexity index is 1060. The molecule has 0 saturated carbocycles. The number of nitrogens with one attached hydrogen (secondary N) is 1. The highest BCUT2D eigenvalue weighted by Crippen LogP contribution is 2.31. The molecular formula is C24H28N4O3. The largest absolute Gasteiger partial charge is 0.493 e. The highest BCUT2D eigenvalue weighted by molar-refractivity contribution is 5.89. The minimum Gasteiger partial charge on any atom is -0.493 e. The normalized spacial score (nSPS) is 15.8. The van der Waals surface area contributed by atoms with Crippen molar-refractivity contribution in [3.63, 3.8) is 0 Å². The zero-order valence-corrected chi connectivity index (χ0v) is 18.2. The Morgan fingerprint density at radius 1 is 1.19 bits per heavy atom. The lowest BCUT2D eigenvalue weighted by Crippen LogP contribution is -2.34. The van der Waals surface area contributed by atoms with Gasteiger partial charge in [-0.15, -0.1) is 0 Å². The summed E-state index contributed by atoms with van der Waals surface area (Å²) in [6.45, 7) is 7.24. The Morgan fingerprint density at radius 3 is 2.87 bits per heavy atom. The summed E-state index contributed by atoms with van der Waals surface area (Å²) in [6.07, 6.45) is 2.25. The zero-order valence-electron chi connectivity index (χ0n) is 18.2. The van der Waals surface area contributed by atoms with Crippen molar-refractivity contribution in [3.05, 3.63) is 70.9 Å². The summed E-state index contributed by atoms with van der Waals surface area (Å²) < 4.78 is 11.3. The van der Waals surface area contributed by atoms with Crippen molar-refractivity contribution >= 4 is 11.7 Å². The number of carbonyl (C=O) groups excluding carboxylic acids is 1. The van der Waals surface area contributed by atoms with Crippen molar-refractivity contribution in [1.29, 1.82) is 0 Å². The molecule has 1 atom stereocenters. The summed E-state index contributed by atoms with van der Waals surface area (Å²) in [5.74, 6) is 1.90. The van der Waals surface area contributed by atoms with Gasteiger partial charge in [-0.25, -0.2) is 4.79 Å². The molecule has 0 aliphatic carbocycles. The summed E-state index contributed by atoms with van der Waals surface area (Å²) in [7, 11) is 0. The monoisotopic (exact) mass is 420 g/mol. The van der Waals surface area contributed by atoms with Crippen LogP contribution in [0.25, 0.3) is 0 Å². The van der Waals surface area contributed by atoms with Crippen LogP contribution in [0.5, 0.6) is 5.75 Å². The first-order valence-electron chi connectivity index (χ1n) is 10.7. The Kier molecular flexibility index (Phi) is 6.21. The summed E-state index contributed by atoms with van der Waals surface area (Å²) in [5, 5.41) is 7.08. The Labute approximate surface area is 182 Å². The number of benzene rings is 2. The van der Waals surface area contributed by atoms with Crippen molar-refractivity contribution in [2.45, 2.75) is 46.1 Å². The number of carbonyl (C=O) groups is 1. The Balaban J connectivity index is 1.35. The summed E-state index contributed by atoms with van der Waals surface area (Å²) in [6, 6.07) is 13.5. The summed E-state index contributed by atoms with van der Waals surface area (Å²) >= 11 is 0. The van der Waals surface area contributed by atoms with Crippen LogP contribution in [0.15, 0.2) is 47.0 Å². The quantitative estimate of drug-likeness (QED) is 0.608. The molecule has 0 radical (unpaired) electrons. The number of likely N-dealkylation sites (tertiary alicyclic amines) is 1. The van der Waals surface area contributed by atoms with Gasteiger partial charge in [0.25, 0.3) is 0 Å². The van der Waals surface area contributed by atoms with Gasteiger partial charge in [0.1, 0.15) is 11.8 Å². The van der Waals surface area contributed by atoms with Gasteiger partial charge in [-0.05, 0) is 74.6 Å². The zero-order chi connectivity index (χ0) is 21.8. The Hall–Kier alpha value is -3.35. The van der Waals surface area contributed by atoms with Gasteiger partial charge < -0.3 is 19.5 Å². The number of amides is 2. The lowest BCUT2D eigenvalue weighted by Gasteiger charge is -2.22. The number of aromatic nitrogens is 2. The molecule has 1 fully saturated rings. The maximum absolute atomic E-state index is 12.9. The molecule has 7 heteroatoms. The van der Waals surface area contributed by atoms with Gasteiger partial charge in [-0.1, -0.05) is 23.4 Å². The van der Waals surface area contributed by atoms with Crippen LogP contribution < -0.4 is 10.1 Å². The average molecular weight is 421 g/mol. The molecule has 162 valence electrons. The molecule has 0 bridgehead atoms. The first kappa shape index (κ1) is 20.9. The minimum atomic E-state index is -0.203. The molecule has 2 amide bonds. The van der Waals surface area contributed by atoms with Crippen LogP contribution in [0.4, 0.5) is 10.5 Å². The molecule has 0 spiro atoms. The number of urea groups is 1. The third-order valence-corrected chi connectivity index (χ3v) is 5.62. The first-order valence-corrected chi connectivity index (χ1v) is 10.7. The highest BCUT2D eigenvalue weighted by Gasteiger charge is 2.34. The molecular weight excluding hydrogens is 392 g/mol. The van der Waals surface area contributed by atoms with Crippen molar-refractivity contribution in [3.8, 4) is 5.75 Å². The molecule has 1 saturated heterocycles. The van der Waals surface area contributed by atoms with E-state index in [1.165, 1.54) is 5.56 Å². The molecule has 1 aliphatic rings. The lowest BCUT2D eigenvalue weighted by atomic mass is 10.1. The molecule has 1 aliphatic heterocycles. The van der Waals surface area contributed by atoms with E-state index >= 15 is 0 Å². The average Bonchev–Trinajstić information content (AvgIpc) is 3.40. The van der Waals surface area contributed by atoms with Crippen LogP contribution in [-0.2, 0) is 6.42 Å². The van der Waals surface area contributed by atoms with Crippen LogP contribution in [0.2, 0.25) is 0 Å². The van der Waals surface area contributed by atoms with E-state index in [1.807, 2.05) is 56.3 Å². The fraction of sp³-hybridized carbons (Fsp3) is 0.375. The molecule has 2 heterocycles. The van der Waals surface area contributed by atoms with E-state index in [4.69, 9.17) is 9.26 Å². The molecule has 1 unspecified atom stereocenters. The van der Waals surface area contributed by atoms with Crippen molar-refractivity contribution in [1.82, 2.24) is 15.0 Å². The number of nitrogens with zero attached hydrogens (tertiary/aromatic N) is 3. The predicted molar refractivity (Wildman–Crippen MR) is 118 cm³/mol. The van der Waals surface area contributed by atoms with Gasteiger partial charge in [0, 0.05) is 18.7 Å².